The van der Waals surface area contributed by atoms with Gasteiger partial charge >= 0.3 is 6.18 Å². The van der Waals surface area contributed by atoms with Gasteiger partial charge in [-0.25, -0.2) is 0 Å². The lowest BCUT2D eigenvalue weighted by Crippen LogP contribution is -2.39. The fourth-order valence-corrected chi connectivity index (χ4v) is 0.592. The summed E-state index contributed by atoms with van der Waals surface area (Å²) in [7, 11) is 0. The number of carbonyl (C=O) groups is 1. The molecule has 0 aliphatic carbocycles. The fourth-order valence-electron chi connectivity index (χ4n) is 0.592. The molecule has 0 aliphatic heterocycles. The molecule has 0 aromatic rings. The monoisotopic (exact) mass is 199 g/mol. The van der Waals surface area contributed by atoms with E-state index in [1.807, 2.05) is 5.32 Å². The Bertz CT molecular complexity index is 160. The Morgan fingerprint density at radius 2 is 2.00 bits per heavy atom. The number of alkyl halides is 3. The zero-order valence-electron chi connectivity index (χ0n) is 6.95. The molecule has 0 saturated heterocycles. The van der Waals surface area contributed by atoms with Crippen LogP contribution in [0.1, 0.15) is 0 Å². The maximum atomic E-state index is 11.5. The van der Waals surface area contributed by atoms with E-state index in [0.717, 1.165) is 0 Å². The minimum Gasteiger partial charge on any atom is -0.354 e. The van der Waals surface area contributed by atoms with Crippen molar-refractivity contribution < 1.29 is 18.0 Å². The molecule has 0 bridgehead atoms. The van der Waals surface area contributed by atoms with Crippen LogP contribution >= 0.6 is 0 Å². The third kappa shape index (κ3) is 9.09. The highest BCUT2D eigenvalue weighted by atomic mass is 19.4. The molecule has 4 N–H and O–H groups in total. The summed E-state index contributed by atoms with van der Waals surface area (Å²) >= 11 is 0. The van der Waals surface area contributed by atoms with Gasteiger partial charge in [0, 0.05) is 13.1 Å². The largest absolute Gasteiger partial charge is 0.401 e. The molecule has 4 nitrogen and oxygen atoms in total. The van der Waals surface area contributed by atoms with Gasteiger partial charge in [0.25, 0.3) is 0 Å². The second-order valence-electron chi connectivity index (χ2n) is 2.36. The number of nitrogens with two attached hydrogens (primary N) is 1. The summed E-state index contributed by atoms with van der Waals surface area (Å²) in [5.74, 6) is -0.491. The molecule has 0 fully saturated rings. The quantitative estimate of drug-likeness (QED) is 0.543. The van der Waals surface area contributed by atoms with E-state index in [2.05, 4.69) is 5.32 Å². The molecule has 0 aromatic heterocycles. The van der Waals surface area contributed by atoms with Crippen molar-refractivity contribution in [2.45, 2.75) is 6.18 Å². The van der Waals surface area contributed by atoms with E-state index in [4.69, 9.17) is 5.73 Å². The van der Waals surface area contributed by atoms with E-state index in [1.54, 1.807) is 0 Å². The second kappa shape index (κ2) is 5.76. The highest BCUT2D eigenvalue weighted by Crippen LogP contribution is 2.11. The first kappa shape index (κ1) is 12.2. The molecule has 0 unspecified atom stereocenters. The van der Waals surface area contributed by atoms with E-state index in [1.165, 1.54) is 0 Å². The summed E-state index contributed by atoms with van der Waals surface area (Å²) in [5.41, 5.74) is 5.06. The van der Waals surface area contributed by atoms with Gasteiger partial charge in [0.1, 0.15) is 0 Å². The van der Waals surface area contributed by atoms with Crippen molar-refractivity contribution in [2.75, 3.05) is 26.2 Å². The molecule has 0 radical (unpaired) electrons. The predicted octanol–water partition coefficient (Wildman–Crippen LogP) is -0.787. The Hall–Kier alpha value is -0.820. The second-order valence-corrected chi connectivity index (χ2v) is 2.36. The lowest BCUT2D eigenvalue weighted by molar-refractivity contribution is -0.128. The first-order valence-electron chi connectivity index (χ1n) is 3.70. The molecular weight excluding hydrogens is 187 g/mol. The van der Waals surface area contributed by atoms with Gasteiger partial charge in [0.2, 0.25) is 5.91 Å². The van der Waals surface area contributed by atoms with Crippen molar-refractivity contribution in [1.82, 2.24) is 10.6 Å². The van der Waals surface area contributed by atoms with Crippen LogP contribution < -0.4 is 16.4 Å². The summed E-state index contributed by atoms with van der Waals surface area (Å²) < 4.78 is 34.6. The normalized spacial score (nSPS) is 11.4. The van der Waals surface area contributed by atoms with Crippen LogP contribution in [0.2, 0.25) is 0 Å². The van der Waals surface area contributed by atoms with Gasteiger partial charge in [-0.3, -0.25) is 4.79 Å². The summed E-state index contributed by atoms with van der Waals surface area (Å²) in [6, 6.07) is 0. The summed E-state index contributed by atoms with van der Waals surface area (Å²) in [5, 5.41) is 4.28. The van der Waals surface area contributed by atoms with Crippen molar-refractivity contribution in [2.24, 2.45) is 5.73 Å². The van der Waals surface area contributed by atoms with E-state index in [0.29, 0.717) is 0 Å². The maximum Gasteiger partial charge on any atom is 0.401 e. The molecular formula is C6H12F3N3O. The van der Waals surface area contributed by atoms with Gasteiger partial charge in [-0.15, -0.1) is 0 Å². The molecule has 0 spiro atoms. The van der Waals surface area contributed by atoms with Crippen molar-refractivity contribution in [3.63, 3.8) is 0 Å². The third-order valence-corrected chi connectivity index (χ3v) is 1.08. The number of rotatable bonds is 5. The smallest absolute Gasteiger partial charge is 0.354 e. The Kier molecular flexibility index (Phi) is 5.40. The van der Waals surface area contributed by atoms with Crippen LogP contribution in [-0.2, 0) is 4.79 Å². The first-order valence-corrected chi connectivity index (χ1v) is 3.70. The van der Waals surface area contributed by atoms with Crippen molar-refractivity contribution in [1.29, 1.82) is 0 Å². The van der Waals surface area contributed by atoms with Crippen LogP contribution in [0.5, 0.6) is 0 Å². The highest BCUT2D eigenvalue weighted by Gasteiger charge is 2.26. The average molecular weight is 199 g/mol. The molecule has 0 aliphatic rings. The number of halogens is 3. The molecule has 1 amide bonds. The summed E-state index contributed by atoms with van der Waals surface area (Å²) in [6.07, 6.45) is -4.28. The van der Waals surface area contributed by atoms with Crippen LogP contribution in [-0.4, -0.2) is 38.3 Å². The van der Waals surface area contributed by atoms with Gasteiger partial charge < -0.3 is 16.4 Å². The minimum atomic E-state index is -4.28. The van der Waals surface area contributed by atoms with E-state index < -0.39 is 18.6 Å². The minimum absolute atomic E-state index is 0.269. The lowest BCUT2D eigenvalue weighted by atomic mass is 10.5. The van der Waals surface area contributed by atoms with Gasteiger partial charge in [0.15, 0.2) is 0 Å². The number of hydrogen-bond acceptors (Lipinski definition) is 3. The zero-order valence-corrected chi connectivity index (χ0v) is 6.95. The molecule has 7 heteroatoms. The molecule has 0 heterocycles. The van der Waals surface area contributed by atoms with Crippen molar-refractivity contribution >= 4 is 5.91 Å². The number of nitrogens with one attached hydrogen (secondary N) is 2. The SMILES string of the molecule is NCCNC(=O)CNCC(F)(F)F. The maximum absolute atomic E-state index is 11.5. The van der Waals surface area contributed by atoms with Crippen LogP contribution in [0.3, 0.4) is 0 Å². The average Bonchev–Trinajstić information content (AvgIpc) is 1.98. The van der Waals surface area contributed by atoms with Crippen LogP contribution in [0.25, 0.3) is 0 Å². The molecule has 0 rings (SSSR count). The summed E-state index contributed by atoms with van der Waals surface area (Å²) in [6.45, 7) is -0.972. The standard InChI is InChI=1S/C6H12F3N3O/c7-6(8,9)4-11-3-5(13)12-2-1-10/h11H,1-4,10H2,(H,12,13). The topological polar surface area (TPSA) is 67.1 Å². The van der Waals surface area contributed by atoms with Crippen LogP contribution in [0.4, 0.5) is 13.2 Å². The highest BCUT2D eigenvalue weighted by molar-refractivity contribution is 5.77. The first-order chi connectivity index (χ1) is 5.95. The number of hydrogen-bond donors (Lipinski definition) is 3. The number of carbonyl (C=O) groups excluding carboxylic acids is 1. The molecule has 0 saturated carbocycles. The Morgan fingerprint density at radius 1 is 1.38 bits per heavy atom. The molecule has 0 aromatic carbocycles. The Balaban J connectivity index is 3.37. The molecule has 0 atom stereocenters. The van der Waals surface area contributed by atoms with Crippen LogP contribution in [0.15, 0.2) is 0 Å². The lowest BCUT2D eigenvalue weighted by Gasteiger charge is -2.07. The Labute approximate surface area is 73.7 Å². The predicted molar refractivity (Wildman–Crippen MR) is 41.0 cm³/mol. The van der Waals surface area contributed by atoms with Gasteiger partial charge in [-0.1, -0.05) is 0 Å². The van der Waals surface area contributed by atoms with E-state index in [-0.39, 0.29) is 19.6 Å². The van der Waals surface area contributed by atoms with Crippen molar-refractivity contribution in [3.8, 4) is 0 Å². The van der Waals surface area contributed by atoms with Gasteiger partial charge in [-0.05, 0) is 0 Å². The Morgan fingerprint density at radius 3 is 2.46 bits per heavy atom. The van der Waals surface area contributed by atoms with Crippen LogP contribution in [0, 0.1) is 0 Å². The fraction of sp³-hybridized carbons (Fsp3) is 0.833. The van der Waals surface area contributed by atoms with E-state index >= 15 is 0 Å². The van der Waals surface area contributed by atoms with Gasteiger partial charge in [-0.2, -0.15) is 13.2 Å². The number of amides is 1. The molecule has 13 heavy (non-hydrogen) atoms. The zero-order chi connectivity index (χ0) is 10.3. The van der Waals surface area contributed by atoms with Gasteiger partial charge in [0.05, 0.1) is 13.1 Å². The molecule has 78 valence electrons. The van der Waals surface area contributed by atoms with E-state index in [9.17, 15) is 18.0 Å². The third-order valence-electron chi connectivity index (χ3n) is 1.08. The summed E-state index contributed by atoms with van der Waals surface area (Å²) in [4.78, 5) is 10.7. The van der Waals surface area contributed by atoms with Crippen molar-refractivity contribution in [3.05, 3.63) is 0 Å².